The molecule has 2 aromatic rings. The van der Waals surface area contributed by atoms with Gasteiger partial charge in [-0.25, -0.2) is 0 Å². The molecular formula is C27H33N3O4S. The highest BCUT2D eigenvalue weighted by molar-refractivity contribution is 8.01. The van der Waals surface area contributed by atoms with E-state index in [1.807, 2.05) is 76.2 Å². The number of nitrogens with zero attached hydrogens (tertiary/aromatic N) is 1. The van der Waals surface area contributed by atoms with Crippen molar-refractivity contribution in [3.63, 3.8) is 0 Å². The van der Waals surface area contributed by atoms with Gasteiger partial charge >= 0.3 is 0 Å². The molecule has 35 heavy (non-hydrogen) atoms. The first-order valence-corrected chi connectivity index (χ1v) is 12.9. The van der Waals surface area contributed by atoms with Crippen molar-refractivity contribution in [2.45, 2.75) is 62.9 Å². The Bertz CT molecular complexity index is 1120. The number of fused-ring (bicyclic) bond motifs is 3. The maximum absolute atomic E-state index is 13.7. The van der Waals surface area contributed by atoms with Crippen LogP contribution >= 0.6 is 11.8 Å². The Labute approximate surface area is 211 Å². The highest BCUT2D eigenvalue weighted by Gasteiger charge is 2.57. The maximum Gasteiger partial charge on any atom is 0.256 e. The van der Waals surface area contributed by atoms with Crippen molar-refractivity contribution in [2.24, 2.45) is 5.92 Å². The van der Waals surface area contributed by atoms with Gasteiger partial charge in [-0.15, -0.1) is 11.8 Å². The van der Waals surface area contributed by atoms with E-state index in [9.17, 15) is 14.4 Å². The molecule has 8 heteroatoms. The zero-order chi connectivity index (χ0) is 25.3. The van der Waals surface area contributed by atoms with Crippen molar-refractivity contribution >= 4 is 29.5 Å². The molecule has 0 radical (unpaired) electrons. The van der Waals surface area contributed by atoms with Gasteiger partial charge < -0.3 is 20.3 Å². The minimum Gasteiger partial charge on any atom is -0.497 e. The van der Waals surface area contributed by atoms with Crippen LogP contribution in [0.15, 0.2) is 48.5 Å². The number of nitrogens with one attached hydrogen (secondary N) is 2. The number of rotatable bonds is 8. The highest BCUT2D eigenvalue weighted by atomic mass is 32.2. The van der Waals surface area contributed by atoms with Crippen molar-refractivity contribution in [1.29, 1.82) is 0 Å². The number of hydrogen-bond donors (Lipinski definition) is 2. The normalized spacial score (nSPS) is 21.6. The van der Waals surface area contributed by atoms with E-state index in [0.717, 1.165) is 23.3 Å². The number of carbonyl (C=O) groups excluding carboxylic acids is 3. The second kappa shape index (κ2) is 9.93. The van der Waals surface area contributed by atoms with Gasteiger partial charge in [0, 0.05) is 16.9 Å². The summed E-state index contributed by atoms with van der Waals surface area (Å²) in [7, 11) is 1.61. The van der Waals surface area contributed by atoms with Crippen LogP contribution in [0.5, 0.6) is 5.75 Å². The molecule has 0 aromatic heterocycles. The van der Waals surface area contributed by atoms with Crippen LogP contribution in [0.3, 0.4) is 0 Å². The van der Waals surface area contributed by atoms with Gasteiger partial charge in [-0.1, -0.05) is 50.6 Å². The Kier molecular flexibility index (Phi) is 7.12. The molecule has 0 unspecified atom stereocenters. The van der Waals surface area contributed by atoms with Crippen molar-refractivity contribution in [2.75, 3.05) is 7.11 Å². The Hall–Kier alpha value is -3.00. The van der Waals surface area contributed by atoms with Gasteiger partial charge in [0.2, 0.25) is 11.8 Å². The minimum absolute atomic E-state index is 0.0748. The number of hydrogen-bond acceptors (Lipinski definition) is 5. The van der Waals surface area contributed by atoms with Gasteiger partial charge in [-0.05, 0) is 49.1 Å². The van der Waals surface area contributed by atoms with Crippen LogP contribution in [-0.4, -0.2) is 46.6 Å². The first kappa shape index (κ1) is 25.1. The summed E-state index contributed by atoms with van der Waals surface area (Å²) < 4.78 is 4.68. The Morgan fingerprint density at radius 2 is 1.83 bits per heavy atom. The lowest BCUT2D eigenvalue weighted by atomic mass is 9.95. The van der Waals surface area contributed by atoms with E-state index in [0.29, 0.717) is 12.1 Å². The number of benzene rings is 2. The molecule has 2 aromatic carbocycles. The predicted molar refractivity (Wildman–Crippen MR) is 137 cm³/mol. The van der Waals surface area contributed by atoms with Crippen molar-refractivity contribution in [1.82, 2.24) is 15.5 Å². The van der Waals surface area contributed by atoms with Crippen LogP contribution in [0.4, 0.5) is 0 Å². The topological polar surface area (TPSA) is 87.7 Å². The molecule has 0 spiro atoms. The summed E-state index contributed by atoms with van der Waals surface area (Å²) in [4.78, 5) is 41.8. The number of amides is 3. The monoisotopic (exact) mass is 495 g/mol. The summed E-state index contributed by atoms with van der Waals surface area (Å²) in [5, 5.41) is 5.76. The van der Waals surface area contributed by atoms with E-state index in [4.69, 9.17) is 4.74 Å². The molecule has 1 saturated heterocycles. The van der Waals surface area contributed by atoms with Crippen LogP contribution in [0.25, 0.3) is 0 Å². The molecule has 2 aliphatic rings. The second-order valence-electron chi connectivity index (χ2n) is 9.71. The number of ether oxygens (including phenoxy) is 1. The Morgan fingerprint density at radius 1 is 1.14 bits per heavy atom. The summed E-state index contributed by atoms with van der Waals surface area (Å²) >= 11 is 1.61. The number of carbonyl (C=O) groups is 3. The van der Waals surface area contributed by atoms with Crippen LogP contribution < -0.4 is 15.4 Å². The fourth-order valence-corrected chi connectivity index (χ4v) is 6.37. The SMILES string of the molecule is CC[C@@H](C)[C@H](NC(=O)[C@@H]1N2C(=O)c3ccccc3[C@@H]2SC1(C)C)C(=O)NCc1ccc(OC)cc1. The van der Waals surface area contributed by atoms with Crippen molar-refractivity contribution < 1.29 is 19.1 Å². The first-order valence-electron chi connectivity index (χ1n) is 12.0. The molecule has 2 aliphatic heterocycles. The third-order valence-electron chi connectivity index (χ3n) is 6.96. The molecule has 2 heterocycles. The lowest BCUT2D eigenvalue weighted by molar-refractivity contribution is -0.133. The molecule has 7 nitrogen and oxygen atoms in total. The Morgan fingerprint density at radius 3 is 2.49 bits per heavy atom. The molecule has 186 valence electrons. The van der Waals surface area contributed by atoms with Crippen LogP contribution in [0.1, 0.15) is 61.0 Å². The van der Waals surface area contributed by atoms with Gasteiger partial charge in [0.15, 0.2) is 0 Å². The standard InChI is InChI=1S/C27H33N3O4S/c1-6-16(2)21(23(31)28-15-17-11-13-18(34-5)14-12-17)29-24(32)22-27(3,4)35-26-20-10-8-7-9-19(20)25(33)30(22)26/h7-14,16,21-22,26H,6,15H2,1-5H3,(H,28,31)(H,29,32)/t16-,21+,22+,26+/m1/s1. The summed E-state index contributed by atoms with van der Waals surface area (Å²) in [6, 6.07) is 13.6. The van der Waals surface area contributed by atoms with E-state index in [-0.39, 0.29) is 29.0 Å². The van der Waals surface area contributed by atoms with Gasteiger partial charge in [0.25, 0.3) is 5.91 Å². The summed E-state index contributed by atoms with van der Waals surface area (Å²) in [5.74, 6) is 0.0107. The molecule has 0 saturated carbocycles. The van der Waals surface area contributed by atoms with E-state index in [2.05, 4.69) is 10.6 Å². The quantitative estimate of drug-likeness (QED) is 0.580. The van der Waals surface area contributed by atoms with E-state index >= 15 is 0 Å². The van der Waals surface area contributed by atoms with Gasteiger partial charge in [0.05, 0.1) is 7.11 Å². The molecular weight excluding hydrogens is 462 g/mol. The average molecular weight is 496 g/mol. The highest BCUT2D eigenvalue weighted by Crippen LogP contribution is 2.56. The zero-order valence-corrected chi connectivity index (χ0v) is 21.6. The molecule has 2 N–H and O–H groups in total. The summed E-state index contributed by atoms with van der Waals surface area (Å²) in [6.07, 6.45) is 0.723. The molecule has 3 amide bonds. The molecule has 0 bridgehead atoms. The van der Waals surface area contributed by atoms with E-state index in [1.54, 1.807) is 23.8 Å². The number of thioether (sulfide) groups is 1. The average Bonchev–Trinajstić information content (AvgIpc) is 3.29. The lowest BCUT2D eigenvalue weighted by Gasteiger charge is -2.32. The van der Waals surface area contributed by atoms with E-state index in [1.165, 1.54) is 0 Å². The molecule has 4 rings (SSSR count). The predicted octanol–water partition coefficient (Wildman–Crippen LogP) is 3.89. The smallest absolute Gasteiger partial charge is 0.256 e. The molecule has 1 fully saturated rings. The zero-order valence-electron chi connectivity index (χ0n) is 20.8. The summed E-state index contributed by atoms with van der Waals surface area (Å²) in [6.45, 7) is 8.26. The minimum atomic E-state index is -0.703. The third kappa shape index (κ3) is 4.76. The van der Waals surface area contributed by atoms with Gasteiger partial charge in [-0.2, -0.15) is 0 Å². The molecule has 0 aliphatic carbocycles. The first-order chi connectivity index (χ1) is 16.7. The van der Waals surface area contributed by atoms with Crippen molar-refractivity contribution in [3.8, 4) is 5.75 Å². The number of methoxy groups -OCH3 is 1. The fourth-order valence-electron chi connectivity index (χ4n) is 4.78. The summed E-state index contributed by atoms with van der Waals surface area (Å²) in [5.41, 5.74) is 2.53. The van der Waals surface area contributed by atoms with Gasteiger partial charge in [0.1, 0.15) is 23.2 Å². The maximum atomic E-state index is 13.7. The third-order valence-corrected chi connectivity index (χ3v) is 8.50. The largest absolute Gasteiger partial charge is 0.497 e. The van der Waals surface area contributed by atoms with E-state index < -0.39 is 16.8 Å². The van der Waals surface area contributed by atoms with Crippen LogP contribution in [-0.2, 0) is 16.1 Å². The van der Waals surface area contributed by atoms with Gasteiger partial charge in [-0.3, -0.25) is 14.4 Å². The van der Waals surface area contributed by atoms with Crippen LogP contribution in [0.2, 0.25) is 0 Å². The Balaban J connectivity index is 1.50. The van der Waals surface area contributed by atoms with Crippen LogP contribution in [0, 0.1) is 5.92 Å². The second-order valence-corrected chi connectivity index (χ2v) is 11.4. The molecule has 4 atom stereocenters. The van der Waals surface area contributed by atoms with Crippen molar-refractivity contribution in [3.05, 3.63) is 65.2 Å². The lowest BCUT2D eigenvalue weighted by Crippen LogP contribution is -2.58. The fraction of sp³-hybridized carbons (Fsp3) is 0.444.